The van der Waals surface area contributed by atoms with Gasteiger partial charge in [-0.05, 0) is 103 Å². The zero-order chi connectivity index (χ0) is 38.4. The van der Waals surface area contributed by atoms with Crippen molar-refractivity contribution in [2.75, 3.05) is 4.90 Å². The van der Waals surface area contributed by atoms with E-state index >= 15 is 0 Å². The second-order valence-corrected chi connectivity index (χ2v) is 14.9. The van der Waals surface area contributed by atoms with Crippen molar-refractivity contribution in [2.45, 2.75) is 0 Å². The third-order valence-corrected chi connectivity index (χ3v) is 11.5. The summed E-state index contributed by atoms with van der Waals surface area (Å²) in [7, 11) is 0. The minimum atomic E-state index is 0.891. The third kappa shape index (κ3) is 5.91. The highest BCUT2D eigenvalue weighted by atomic mass is 16.3. The molecule has 0 unspecified atom stereocenters. The number of fused-ring (bicyclic) bond motifs is 6. The molecule has 2 heteroatoms. The molecule has 11 rings (SSSR count). The van der Waals surface area contributed by atoms with E-state index < -0.39 is 0 Å². The van der Waals surface area contributed by atoms with Crippen molar-refractivity contribution in [3.05, 3.63) is 224 Å². The first kappa shape index (κ1) is 33.6. The Hall–Kier alpha value is -7.68. The van der Waals surface area contributed by atoms with Crippen LogP contribution in [0.2, 0.25) is 0 Å². The van der Waals surface area contributed by atoms with Crippen LogP contribution >= 0.6 is 0 Å². The van der Waals surface area contributed by atoms with Crippen LogP contribution in [0.25, 0.3) is 88.0 Å². The Balaban J connectivity index is 1.03. The van der Waals surface area contributed by atoms with Gasteiger partial charge in [-0.2, -0.15) is 0 Å². The van der Waals surface area contributed by atoms with E-state index in [9.17, 15) is 0 Å². The first-order valence-electron chi connectivity index (χ1n) is 19.8. The van der Waals surface area contributed by atoms with Crippen LogP contribution in [0.3, 0.4) is 0 Å². The molecule has 0 radical (unpaired) electrons. The van der Waals surface area contributed by atoms with Gasteiger partial charge >= 0.3 is 0 Å². The van der Waals surface area contributed by atoms with Gasteiger partial charge in [-0.15, -0.1) is 0 Å². The lowest BCUT2D eigenvalue weighted by Crippen LogP contribution is -2.11. The summed E-state index contributed by atoms with van der Waals surface area (Å²) in [4.78, 5) is 2.37. The van der Waals surface area contributed by atoms with Crippen molar-refractivity contribution >= 4 is 60.5 Å². The maximum atomic E-state index is 6.77. The highest BCUT2D eigenvalue weighted by Gasteiger charge is 2.21. The molecular formula is C56H37NO. The first-order valence-corrected chi connectivity index (χ1v) is 19.8. The van der Waals surface area contributed by atoms with E-state index in [0.717, 1.165) is 50.1 Å². The topological polar surface area (TPSA) is 16.4 Å². The van der Waals surface area contributed by atoms with E-state index in [1.165, 1.54) is 54.9 Å². The largest absolute Gasteiger partial charge is 0.455 e. The fourth-order valence-electron chi connectivity index (χ4n) is 8.59. The first-order chi connectivity index (χ1) is 28.7. The zero-order valence-corrected chi connectivity index (χ0v) is 31.7. The van der Waals surface area contributed by atoms with Crippen molar-refractivity contribution in [2.24, 2.45) is 0 Å². The predicted molar refractivity (Wildman–Crippen MR) is 245 cm³/mol. The summed E-state index contributed by atoms with van der Waals surface area (Å²) in [6, 6.07) is 80.6. The van der Waals surface area contributed by atoms with Gasteiger partial charge in [0.1, 0.15) is 11.2 Å². The van der Waals surface area contributed by atoms with E-state index in [1.54, 1.807) is 0 Å². The summed E-state index contributed by atoms with van der Waals surface area (Å²) in [6.45, 7) is 0. The van der Waals surface area contributed by atoms with Crippen LogP contribution in [0, 0.1) is 0 Å². The lowest BCUT2D eigenvalue weighted by atomic mass is 9.96. The molecule has 0 saturated carbocycles. The van der Waals surface area contributed by atoms with Gasteiger partial charge in [0.15, 0.2) is 0 Å². The molecule has 0 fully saturated rings. The van der Waals surface area contributed by atoms with Crippen molar-refractivity contribution in [3.8, 4) is 44.5 Å². The average molecular weight is 740 g/mol. The van der Waals surface area contributed by atoms with Crippen LogP contribution in [0.4, 0.5) is 17.1 Å². The minimum Gasteiger partial charge on any atom is -0.455 e. The lowest BCUT2D eigenvalue weighted by Gasteiger charge is -2.28. The molecule has 272 valence electrons. The van der Waals surface area contributed by atoms with E-state index in [-0.39, 0.29) is 0 Å². The van der Waals surface area contributed by atoms with Gasteiger partial charge in [0.2, 0.25) is 0 Å². The SMILES string of the molecule is c1ccc(-c2ccc(N(c3ccc(-c4cccc(-c5ccc6ccccc6c5)c4)cc3)c3ccccc3-c3cccc4c3oc3ccc5ccccc5c34)cc2)cc1. The van der Waals surface area contributed by atoms with E-state index in [0.29, 0.717) is 0 Å². The maximum Gasteiger partial charge on any atom is 0.143 e. The molecule has 0 bridgehead atoms. The smallest absolute Gasteiger partial charge is 0.143 e. The van der Waals surface area contributed by atoms with Gasteiger partial charge in [0.05, 0.1) is 5.69 Å². The van der Waals surface area contributed by atoms with Crippen LogP contribution < -0.4 is 4.90 Å². The quantitative estimate of drug-likeness (QED) is 0.162. The summed E-state index contributed by atoms with van der Waals surface area (Å²) >= 11 is 0. The van der Waals surface area contributed by atoms with Gasteiger partial charge in [-0.1, -0.05) is 176 Å². The van der Waals surface area contributed by atoms with Gasteiger partial charge in [0, 0.05) is 33.3 Å². The summed E-state index contributed by atoms with van der Waals surface area (Å²) < 4.78 is 6.77. The Labute approximate surface area is 337 Å². The molecule has 11 aromatic rings. The maximum absolute atomic E-state index is 6.77. The minimum absolute atomic E-state index is 0.891. The Morgan fingerprint density at radius 1 is 0.310 bits per heavy atom. The van der Waals surface area contributed by atoms with Crippen molar-refractivity contribution in [3.63, 3.8) is 0 Å². The lowest BCUT2D eigenvalue weighted by molar-refractivity contribution is 0.670. The highest BCUT2D eigenvalue weighted by Crippen LogP contribution is 2.45. The Morgan fingerprint density at radius 2 is 0.828 bits per heavy atom. The standard InChI is InChI=1S/C56H37NO/c1-2-12-38(13-3-1)40-26-31-47(32-27-40)57(48-33-28-41(29-34-48)44-17-10-18-45(36-44)46-25-24-39-14-4-5-16-43(39)37-46)53-23-9-8-20-50(53)51-21-11-22-52-55-49-19-7-6-15-42(49)30-35-54(55)58-56(51)52/h1-37H. The van der Waals surface area contributed by atoms with E-state index in [2.05, 4.69) is 229 Å². The number of anilines is 3. The summed E-state index contributed by atoms with van der Waals surface area (Å²) in [5, 5.41) is 7.18. The molecule has 0 atom stereocenters. The monoisotopic (exact) mass is 739 g/mol. The molecule has 0 spiro atoms. The van der Waals surface area contributed by atoms with Crippen LogP contribution in [-0.2, 0) is 0 Å². The fourth-order valence-corrected chi connectivity index (χ4v) is 8.59. The van der Waals surface area contributed by atoms with Crippen molar-refractivity contribution in [1.29, 1.82) is 0 Å². The number of hydrogen-bond donors (Lipinski definition) is 0. The van der Waals surface area contributed by atoms with Gasteiger partial charge in [-0.3, -0.25) is 0 Å². The third-order valence-electron chi connectivity index (χ3n) is 11.5. The predicted octanol–water partition coefficient (Wildman–Crippen LogP) is 16.0. The highest BCUT2D eigenvalue weighted by molar-refractivity contribution is 6.21. The van der Waals surface area contributed by atoms with Crippen LogP contribution in [0.15, 0.2) is 229 Å². The number of furan rings is 1. The van der Waals surface area contributed by atoms with Crippen LogP contribution in [0.1, 0.15) is 0 Å². The zero-order valence-electron chi connectivity index (χ0n) is 31.7. The number of para-hydroxylation sites is 2. The average Bonchev–Trinajstić information content (AvgIpc) is 3.70. The van der Waals surface area contributed by atoms with Crippen molar-refractivity contribution < 1.29 is 4.42 Å². The fraction of sp³-hybridized carbons (Fsp3) is 0. The molecule has 0 aliphatic rings. The normalized spacial score (nSPS) is 11.4. The molecule has 0 aliphatic carbocycles. The Morgan fingerprint density at radius 3 is 1.62 bits per heavy atom. The van der Waals surface area contributed by atoms with E-state index in [1.807, 2.05) is 0 Å². The van der Waals surface area contributed by atoms with Gasteiger partial charge < -0.3 is 9.32 Å². The second-order valence-electron chi connectivity index (χ2n) is 14.9. The Bertz CT molecular complexity index is 3270. The van der Waals surface area contributed by atoms with E-state index in [4.69, 9.17) is 4.42 Å². The number of rotatable bonds is 7. The molecule has 1 heterocycles. The number of hydrogen-bond acceptors (Lipinski definition) is 2. The Kier molecular flexibility index (Phi) is 8.19. The van der Waals surface area contributed by atoms with Crippen molar-refractivity contribution in [1.82, 2.24) is 0 Å². The number of nitrogens with zero attached hydrogens (tertiary/aromatic N) is 1. The molecular weight excluding hydrogens is 703 g/mol. The summed E-state index contributed by atoms with van der Waals surface area (Å²) in [5.74, 6) is 0. The van der Waals surface area contributed by atoms with Crippen LogP contribution in [-0.4, -0.2) is 0 Å². The van der Waals surface area contributed by atoms with Crippen LogP contribution in [0.5, 0.6) is 0 Å². The molecule has 0 N–H and O–H groups in total. The summed E-state index contributed by atoms with van der Waals surface area (Å²) in [6.07, 6.45) is 0. The molecule has 10 aromatic carbocycles. The summed E-state index contributed by atoms with van der Waals surface area (Å²) in [5.41, 5.74) is 14.3. The molecule has 0 amide bonds. The molecule has 1 aromatic heterocycles. The molecule has 0 saturated heterocycles. The van der Waals surface area contributed by atoms with Gasteiger partial charge in [0.25, 0.3) is 0 Å². The molecule has 0 aliphatic heterocycles. The van der Waals surface area contributed by atoms with Gasteiger partial charge in [-0.25, -0.2) is 0 Å². The molecule has 58 heavy (non-hydrogen) atoms. The number of benzene rings is 10. The molecule has 2 nitrogen and oxygen atoms in total. The second kappa shape index (κ2) is 14.1.